The van der Waals surface area contributed by atoms with Crippen LogP contribution in [0, 0.1) is 13.8 Å². The van der Waals surface area contributed by atoms with Crippen LogP contribution in [0.4, 0.5) is 0 Å². The number of ether oxygens (including phenoxy) is 3. The van der Waals surface area contributed by atoms with Gasteiger partial charge < -0.3 is 14.2 Å². The summed E-state index contributed by atoms with van der Waals surface area (Å²) in [5.74, 6) is 0.364. The molecule has 1 aromatic carbocycles. The predicted molar refractivity (Wildman–Crippen MR) is 109 cm³/mol. The summed E-state index contributed by atoms with van der Waals surface area (Å²) in [5.41, 5.74) is 2.17. The Bertz CT molecular complexity index is 977. The highest BCUT2D eigenvalue weighted by Gasteiger charge is 2.19. The Labute approximate surface area is 172 Å². The van der Waals surface area contributed by atoms with Gasteiger partial charge in [0.1, 0.15) is 11.5 Å². The van der Waals surface area contributed by atoms with Gasteiger partial charge in [-0.15, -0.1) is 11.3 Å². The van der Waals surface area contributed by atoms with E-state index in [1.165, 1.54) is 11.3 Å². The lowest BCUT2D eigenvalue weighted by molar-refractivity contribution is -0.144. The third kappa shape index (κ3) is 5.03. The predicted octanol–water partition coefficient (Wildman–Crippen LogP) is 3.75. The van der Waals surface area contributed by atoms with E-state index < -0.39 is 5.97 Å². The zero-order chi connectivity index (χ0) is 20.8. The van der Waals surface area contributed by atoms with E-state index in [9.17, 15) is 9.59 Å². The maximum atomic E-state index is 12.5. The van der Waals surface area contributed by atoms with Gasteiger partial charge in [-0.3, -0.25) is 9.36 Å². The first-order valence-electron chi connectivity index (χ1n) is 9.13. The summed E-state index contributed by atoms with van der Waals surface area (Å²) < 4.78 is 17.7. The monoisotopic (exact) mass is 414 g/mol. The summed E-state index contributed by atoms with van der Waals surface area (Å²) in [6.45, 7) is 5.61. The third-order valence-corrected chi connectivity index (χ3v) is 4.95. The second-order valence-electron chi connectivity index (χ2n) is 6.21. The van der Waals surface area contributed by atoms with Gasteiger partial charge in [-0.1, -0.05) is 0 Å². The van der Waals surface area contributed by atoms with E-state index >= 15 is 0 Å². The lowest BCUT2D eigenvalue weighted by atomic mass is 10.1. The van der Waals surface area contributed by atoms with Crippen molar-refractivity contribution in [1.82, 2.24) is 9.55 Å². The van der Waals surface area contributed by atoms with Gasteiger partial charge in [0, 0.05) is 28.5 Å². The molecule has 3 rings (SSSR count). The Hall–Kier alpha value is -3.13. The summed E-state index contributed by atoms with van der Waals surface area (Å²) in [6, 6.07) is 8.70. The average molecular weight is 414 g/mol. The molecule has 0 bridgehead atoms. The summed E-state index contributed by atoms with van der Waals surface area (Å²) >= 11 is 1.49. The van der Waals surface area contributed by atoms with Gasteiger partial charge in [-0.25, -0.2) is 9.78 Å². The standard InChI is InChI=1S/C21H22N2O5S/c1-4-26-16-5-7-17(8-6-16)27-13-20(25)28-12-19(24)18-11-14(2)23(15(18)3)21-22-9-10-29-21/h5-11H,4,12-13H2,1-3H3. The normalized spacial score (nSPS) is 10.6. The van der Waals surface area contributed by atoms with Crippen LogP contribution in [0.2, 0.25) is 0 Å². The molecule has 2 heterocycles. The number of hydrogen-bond acceptors (Lipinski definition) is 7. The highest BCUT2D eigenvalue weighted by molar-refractivity contribution is 7.12. The van der Waals surface area contributed by atoms with Crippen molar-refractivity contribution in [2.45, 2.75) is 20.8 Å². The highest BCUT2D eigenvalue weighted by Crippen LogP contribution is 2.22. The highest BCUT2D eigenvalue weighted by atomic mass is 32.1. The number of esters is 1. The van der Waals surface area contributed by atoms with Gasteiger partial charge in [0.2, 0.25) is 5.78 Å². The number of benzene rings is 1. The van der Waals surface area contributed by atoms with Crippen LogP contribution in [0.5, 0.6) is 11.5 Å². The molecular weight excluding hydrogens is 392 g/mol. The van der Waals surface area contributed by atoms with Gasteiger partial charge >= 0.3 is 5.97 Å². The molecule has 0 atom stereocenters. The molecule has 0 saturated carbocycles. The van der Waals surface area contributed by atoms with Crippen molar-refractivity contribution in [2.75, 3.05) is 19.8 Å². The van der Waals surface area contributed by atoms with E-state index in [0.29, 0.717) is 17.9 Å². The Kier molecular flexibility index (Phi) is 6.66. The number of rotatable bonds is 9. The molecule has 8 heteroatoms. The topological polar surface area (TPSA) is 79.7 Å². The van der Waals surface area contributed by atoms with E-state index in [0.717, 1.165) is 22.3 Å². The molecule has 0 N–H and O–H groups in total. The van der Waals surface area contributed by atoms with Crippen LogP contribution < -0.4 is 9.47 Å². The number of carbonyl (C=O) groups excluding carboxylic acids is 2. The van der Waals surface area contributed by atoms with Crippen LogP contribution in [-0.2, 0) is 9.53 Å². The molecule has 7 nitrogen and oxygen atoms in total. The van der Waals surface area contributed by atoms with Crippen LogP contribution in [0.3, 0.4) is 0 Å². The number of carbonyl (C=O) groups is 2. The number of aromatic nitrogens is 2. The van der Waals surface area contributed by atoms with Crippen molar-refractivity contribution >= 4 is 23.1 Å². The summed E-state index contributed by atoms with van der Waals surface area (Å²) in [4.78, 5) is 28.7. The molecule has 0 unspecified atom stereocenters. The third-order valence-electron chi connectivity index (χ3n) is 4.20. The number of aryl methyl sites for hydroxylation is 1. The van der Waals surface area contributed by atoms with Crippen molar-refractivity contribution in [3.63, 3.8) is 0 Å². The van der Waals surface area contributed by atoms with E-state index in [4.69, 9.17) is 14.2 Å². The van der Waals surface area contributed by atoms with Crippen molar-refractivity contribution in [3.05, 3.63) is 58.9 Å². The Morgan fingerprint density at radius 1 is 1.07 bits per heavy atom. The summed E-state index contributed by atoms with van der Waals surface area (Å²) in [5, 5.41) is 2.67. The van der Waals surface area contributed by atoms with Crippen LogP contribution in [0.1, 0.15) is 28.7 Å². The van der Waals surface area contributed by atoms with Crippen molar-refractivity contribution in [2.24, 2.45) is 0 Å². The summed E-state index contributed by atoms with van der Waals surface area (Å²) in [7, 11) is 0. The SMILES string of the molecule is CCOc1ccc(OCC(=O)OCC(=O)c2cc(C)n(-c3nccs3)c2C)cc1. The molecule has 0 aliphatic rings. The van der Waals surface area contributed by atoms with Crippen LogP contribution >= 0.6 is 11.3 Å². The molecule has 0 spiro atoms. The first-order valence-corrected chi connectivity index (χ1v) is 10.0. The van der Waals surface area contributed by atoms with Crippen molar-refractivity contribution < 1.29 is 23.8 Å². The second kappa shape index (κ2) is 9.38. The lowest BCUT2D eigenvalue weighted by Crippen LogP contribution is -2.19. The molecule has 0 aliphatic carbocycles. The van der Waals surface area contributed by atoms with Gasteiger partial charge in [-0.05, 0) is 51.1 Å². The maximum Gasteiger partial charge on any atom is 0.344 e. The number of Topliss-reactive ketones (excluding diaryl/α,β-unsaturated/α-hetero) is 1. The molecule has 3 aromatic rings. The van der Waals surface area contributed by atoms with Crippen LogP contribution in [0.15, 0.2) is 41.9 Å². The number of hydrogen-bond donors (Lipinski definition) is 0. The minimum Gasteiger partial charge on any atom is -0.494 e. The Morgan fingerprint density at radius 2 is 1.76 bits per heavy atom. The zero-order valence-electron chi connectivity index (χ0n) is 16.5. The molecular formula is C21H22N2O5S. The molecule has 0 saturated heterocycles. The summed E-state index contributed by atoms with van der Waals surface area (Å²) in [6.07, 6.45) is 1.71. The first kappa shape index (κ1) is 20.6. The Balaban J connectivity index is 1.53. The van der Waals surface area contributed by atoms with Crippen LogP contribution in [0.25, 0.3) is 5.13 Å². The molecule has 0 amide bonds. The first-order chi connectivity index (χ1) is 14.0. The second-order valence-corrected chi connectivity index (χ2v) is 7.08. The molecule has 0 fully saturated rings. The molecule has 152 valence electrons. The number of ketones is 1. The van der Waals surface area contributed by atoms with E-state index in [1.54, 1.807) is 36.5 Å². The number of nitrogens with zero attached hydrogens (tertiary/aromatic N) is 2. The minimum absolute atomic E-state index is 0.268. The largest absolute Gasteiger partial charge is 0.494 e. The quantitative estimate of drug-likeness (QED) is 0.392. The minimum atomic E-state index is -0.610. The fraction of sp³-hybridized carbons (Fsp3) is 0.286. The van der Waals surface area contributed by atoms with E-state index in [2.05, 4.69) is 4.98 Å². The maximum absolute atomic E-state index is 12.5. The van der Waals surface area contributed by atoms with Crippen LogP contribution in [-0.4, -0.2) is 41.1 Å². The van der Waals surface area contributed by atoms with Gasteiger partial charge in [0.05, 0.1) is 6.61 Å². The van der Waals surface area contributed by atoms with Crippen molar-refractivity contribution in [3.8, 4) is 16.6 Å². The number of thiazole rings is 1. The van der Waals surface area contributed by atoms with Gasteiger partial charge in [-0.2, -0.15) is 0 Å². The molecule has 0 aliphatic heterocycles. The fourth-order valence-electron chi connectivity index (χ4n) is 2.87. The van der Waals surface area contributed by atoms with E-state index in [1.807, 2.05) is 30.7 Å². The fourth-order valence-corrected chi connectivity index (χ4v) is 3.62. The molecule has 0 radical (unpaired) electrons. The van der Waals surface area contributed by atoms with E-state index in [-0.39, 0.29) is 19.0 Å². The molecule has 29 heavy (non-hydrogen) atoms. The smallest absolute Gasteiger partial charge is 0.344 e. The molecule has 2 aromatic heterocycles. The van der Waals surface area contributed by atoms with Gasteiger partial charge in [0.25, 0.3) is 0 Å². The zero-order valence-corrected chi connectivity index (χ0v) is 17.3. The lowest BCUT2D eigenvalue weighted by Gasteiger charge is -2.08. The average Bonchev–Trinajstić information content (AvgIpc) is 3.33. The van der Waals surface area contributed by atoms with Crippen molar-refractivity contribution in [1.29, 1.82) is 0 Å². The van der Waals surface area contributed by atoms with Gasteiger partial charge in [0.15, 0.2) is 18.3 Å². The Morgan fingerprint density at radius 3 is 2.38 bits per heavy atom.